The Kier molecular flexibility index (Phi) is 4.02. The van der Waals surface area contributed by atoms with Crippen LogP contribution in [0, 0.1) is 5.92 Å². The Morgan fingerprint density at radius 3 is 2.67 bits per heavy atom. The summed E-state index contributed by atoms with van der Waals surface area (Å²) in [6.07, 6.45) is 2.83. The highest BCUT2D eigenvalue weighted by Gasteiger charge is 2.45. The molecular formula is C16H21ClN4. The first kappa shape index (κ1) is 14.6. The molecule has 2 aromatic rings. The number of nitrogens with two attached hydrogens (primary N) is 1. The summed E-state index contributed by atoms with van der Waals surface area (Å²) in [5, 5.41) is 5.07. The fourth-order valence-corrected chi connectivity index (χ4v) is 3.37. The minimum atomic E-state index is 0.0348. The quantitative estimate of drug-likeness (QED) is 0.657. The molecule has 3 rings (SSSR count). The van der Waals surface area contributed by atoms with Crippen molar-refractivity contribution in [2.45, 2.75) is 38.3 Å². The van der Waals surface area contributed by atoms with Crippen LogP contribution in [0.15, 0.2) is 36.5 Å². The number of rotatable bonds is 5. The van der Waals surface area contributed by atoms with Crippen LogP contribution in [-0.4, -0.2) is 9.78 Å². The Morgan fingerprint density at radius 1 is 1.33 bits per heavy atom. The van der Waals surface area contributed by atoms with Gasteiger partial charge in [-0.3, -0.25) is 16.0 Å². The van der Waals surface area contributed by atoms with Crippen LogP contribution >= 0.6 is 11.6 Å². The Balaban J connectivity index is 1.86. The predicted octanol–water partition coefficient (Wildman–Crippen LogP) is 3.43. The number of aromatic nitrogens is 2. The predicted molar refractivity (Wildman–Crippen MR) is 85.0 cm³/mol. The minimum Gasteiger partial charge on any atom is -0.271 e. The second kappa shape index (κ2) is 5.79. The van der Waals surface area contributed by atoms with E-state index in [0.717, 1.165) is 12.1 Å². The summed E-state index contributed by atoms with van der Waals surface area (Å²) in [6, 6.07) is 10.9. The van der Waals surface area contributed by atoms with Crippen LogP contribution in [0.1, 0.15) is 49.5 Å². The first-order chi connectivity index (χ1) is 10.1. The molecule has 3 unspecified atom stereocenters. The molecule has 112 valence electrons. The third-order valence-electron chi connectivity index (χ3n) is 4.25. The number of nitrogens with one attached hydrogen (secondary N) is 1. The van der Waals surface area contributed by atoms with Gasteiger partial charge in [-0.05, 0) is 37.7 Å². The molecular weight excluding hydrogens is 284 g/mol. The molecule has 3 atom stereocenters. The highest BCUT2D eigenvalue weighted by molar-refractivity contribution is 6.31. The van der Waals surface area contributed by atoms with Crippen molar-refractivity contribution in [3.8, 4) is 0 Å². The van der Waals surface area contributed by atoms with E-state index < -0.39 is 0 Å². The fourth-order valence-electron chi connectivity index (χ4n) is 3.13. The summed E-state index contributed by atoms with van der Waals surface area (Å²) in [5.74, 6) is 6.84. The lowest BCUT2D eigenvalue weighted by Gasteiger charge is -2.20. The molecule has 0 bridgehead atoms. The van der Waals surface area contributed by atoms with Gasteiger partial charge in [-0.2, -0.15) is 5.10 Å². The van der Waals surface area contributed by atoms with Crippen molar-refractivity contribution in [1.82, 2.24) is 15.2 Å². The topological polar surface area (TPSA) is 55.9 Å². The monoisotopic (exact) mass is 304 g/mol. The zero-order chi connectivity index (χ0) is 15.0. The molecule has 0 amide bonds. The van der Waals surface area contributed by atoms with Crippen LogP contribution in [0.5, 0.6) is 0 Å². The number of hydrogen-bond donors (Lipinski definition) is 2. The van der Waals surface area contributed by atoms with Gasteiger partial charge in [-0.1, -0.05) is 41.9 Å². The van der Waals surface area contributed by atoms with Crippen LogP contribution < -0.4 is 11.3 Å². The van der Waals surface area contributed by atoms with E-state index in [9.17, 15) is 0 Å². The smallest absolute Gasteiger partial charge is 0.0834 e. The number of halogens is 1. The summed E-state index contributed by atoms with van der Waals surface area (Å²) in [4.78, 5) is 0. The zero-order valence-corrected chi connectivity index (χ0v) is 13.1. The number of hydrogen-bond acceptors (Lipinski definition) is 3. The lowest BCUT2D eigenvalue weighted by atomic mass is 10.0. The van der Waals surface area contributed by atoms with Crippen LogP contribution in [0.4, 0.5) is 0 Å². The number of nitrogens with zero attached hydrogens (tertiary/aromatic N) is 2. The third kappa shape index (κ3) is 2.71. The van der Waals surface area contributed by atoms with Crippen molar-refractivity contribution in [3.63, 3.8) is 0 Å². The third-order valence-corrected chi connectivity index (χ3v) is 4.54. The van der Waals surface area contributed by atoms with Crippen molar-refractivity contribution in [1.29, 1.82) is 0 Å². The largest absolute Gasteiger partial charge is 0.271 e. The van der Waals surface area contributed by atoms with E-state index in [4.69, 9.17) is 17.4 Å². The minimum absolute atomic E-state index is 0.0348. The lowest BCUT2D eigenvalue weighted by Crippen LogP contribution is -2.32. The van der Waals surface area contributed by atoms with Crippen molar-refractivity contribution >= 4 is 11.6 Å². The second-order valence-electron chi connectivity index (χ2n) is 5.98. The van der Waals surface area contributed by atoms with E-state index in [-0.39, 0.29) is 12.1 Å². The first-order valence-electron chi connectivity index (χ1n) is 7.37. The summed E-state index contributed by atoms with van der Waals surface area (Å²) in [6.45, 7) is 4.20. The van der Waals surface area contributed by atoms with E-state index in [0.29, 0.717) is 16.9 Å². The molecule has 4 nitrogen and oxygen atoms in total. The van der Waals surface area contributed by atoms with E-state index in [1.807, 2.05) is 10.7 Å². The lowest BCUT2D eigenvalue weighted by molar-refractivity contribution is 0.417. The van der Waals surface area contributed by atoms with Crippen LogP contribution in [0.3, 0.4) is 0 Å². The fraction of sp³-hybridized carbons (Fsp3) is 0.438. The SMILES string of the molecule is CC(C)n1ncc(Cl)c1C(NN)C1CC1c1ccccc1. The molecule has 3 N–H and O–H groups in total. The molecule has 0 radical (unpaired) electrons. The Hall–Kier alpha value is -1.36. The maximum atomic E-state index is 6.35. The molecule has 1 aromatic heterocycles. The second-order valence-corrected chi connectivity index (χ2v) is 6.38. The van der Waals surface area contributed by atoms with Gasteiger partial charge in [0.2, 0.25) is 0 Å². The molecule has 0 saturated heterocycles. The first-order valence-corrected chi connectivity index (χ1v) is 7.75. The van der Waals surface area contributed by atoms with Gasteiger partial charge >= 0.3 is 0 Å². The van der Waals surface area contributed by atoms with E-state index in [2.05, 4.69) is 48.6 Å². The normalized spacial score (nSPS) is 22.5. The van der Waals surface area contributed by atoms with Gasteiger partial charge in [0.1, 0.15) is 0 Å². The van der Waals surface area contributed by atoms with Crippen molar-refractivity contribution in [2.24, 2.45) is 11.8 Å². The molecule has 21 heavy (non-hydrogen) atoms. The van der Waals surface area contributed by atoms with Crippen molar-refractivity contribution in [2.75, 3.05) is 0 Å². The molecule has 0 aliphatic heterocycles. The van der Waals surface area contributed by atoms with Crippen molar-refractivity contribution < 1.29 is 0 Å². The highest BCUT2D eigenvalue weighted by atomic mass is 35.5. The highest BCUT2D eigenvalue weighted by Crippen LogP contribution is 2.54. The van der Waals surface area contributed by atoms with Gasteiger partial charge in [0.25, 0.3) is 0 Å². The molecule has 0 spiro atoms. The van der Waals surface area contributed by atoms with Crippen LogP contribution in [-0.2, 0) is 0 Å². The van der Waals surface area contributed by atoms with Gasteiger partial charge in [0, 0.05) is 6.04 Å². The maximum Gasteiger partial charge on any atom is 0.0834 e. The Labute approximate surface area is 130 Å². The van der Waals surface area contributed by atoms with Gasteiger partial charge in [0.05, 0.1) is 23.0 Å². The Morgan fingerprint density at radius 2 is 2.05 bits per heavy atom. The van der Waals surface area contributed by atoms with Gasteiger partial charge in [-0.25, -0.2) is 0 Å². The van der Waals surface area contributed by atoms with Gasteiger partial charge < -0.3 is 0 Å². The molecule has 5 heteroatoms. The van der Waals surface area contributed by atoms with E-state index >= 15 is 0 Å². The molecule has 1 fully saturated rings. The summed E-state index contributed by atoms with van der Waals surface area (Å²) < 4.78 is 1.97. The molecule has 1 heterocycles. The van der Waals surface area contributed by atoms with Crippen molar-refractivity contribution in [3.05, 3.63) is 52.8 Å². The standard InChI is InChI=1S/C16H21ClN4/c1-10(2)21-16(14(17)9-19-21)15(20-18)13-8-12(13)11-6-4-3-5-7-11/h3-7,9-10,12-13,15,20H,8,18H2,1-2H3. The molecule has 1 aromatic carbocycles. The number of benzene rings is 1. The average molecular weight is 305 g/mol. The maximum absolute atomic E-state index is 6.35. The summed E-state index contributed by atoms with van der Waals surface area (Å²) in [5.41, 5.74) is 5.32. The van der Waals surface area contributed by atoms with E-state index in [1.54, 1.807) is 6.20 Å². The average Bonchev–Trinajstić information content (AvgIpc) is 3.18. The zero-order valence-electron chi connectivity index (χ0n) is 12.3. The van der Waals surface area contributed by atoms with Gasteiger partial charge in [0.15, 0.2) is 0 Å². The summed E-state index contributed by atoms with van der Waals surface area (Å²) in [7, 11) is 0. The van der Waals surface area contributed by atoms with Crippen LogP contribution in [0.25, 0.3) is 0 Å². The molecule has 1 aliphatic rings. The number of hydrazine groups is 1. The van der Waals surface area contributed by atoms with Crippen LogP contribution in [0.2, 0.25) is 5.02 Å². The van der Waals surface area contributed by atoms with Gasteiger partial charge in [-0.15, -0.1) is 0 Å². The molecule has 1 aliphatic carbocycles. The summed E-state index contributed by atoms with van der Waals surface area (Å²) >= 11 is 6.35. The van der Waals surface area contributed by atoms with E-state index in [1.165, 1.54) is 5.56 Å². The Bertz CT molecular complexity index is 608. The molecule has 1 saturated carbocycles.